The Morgan fingerprint density at radius 3 is 2.81 bits per heavy atom. The first kappa shape index (κ1) is 17.7. The smallest absolute Gasteiger partial charge is 0.255 e. The fraction of sp³-hybridized carbons (Fsp3) is 0.409. The molecule has 0 unspecified atom stereocenters. The molecule has 0 bridgehead atoms. The molecule has 1 atom stereocenters. The van der Waals surface area contributed by atoms with Crippen LogP contribution in [0.1, 0.15) is 59.5 Å². The zero-order chi connectivity index (χ0) is 19.0. The molecular formula is C22H26N4O. The number of aromatic nitrogens is 3. The summed E-state index contributed by atoms with van der Waals surface area (Å²) in [5.74, 6) is 0.0918. The number of carbonyl (C=O) groups excluding carboxylic acids is 1. The van der Waals surface area contributed by atoms with Crippen LogP contribution in [0.25, 0.3) is 10.9 Å². The summed E-state index contributed by atoms with van der Waals surface area (Å²) in [5, 5.41) is 5.53. The summed E-state index contributed by atoms with van der Waals surface area (Å²) in [6.07, 6.45) is 6.02. The molecule has 3 aromatic rings. The fourth-order valence-corrected chi connectivity index (χ4v) is 4.05. The summed E-state index contributed by atoms with van der Waals surface area (Å²) in [5.41, 5.74) is 4.73. The second-order valence-electron chi connectivity index (χ2n) is 7.44. The summed E-state index contributed by atoms with van der Waals surface area (Å²) in [6, 6.07) is 10.3. The van der Waals surface area contributed by atoms with Crippen LogP contribution in [0.15, 0.2) is 36.5 Å². The summed E-state index contributed by atoms with van der Waals surface area (Å²) >= 11 is 0. The number of benzene rings is 1. The topological polar surface area (TPSA) is 51.0 Å². The van der Waals surface area contributed by atoms with Crippen LogP contribution in [0.3, 0.4) is 0 Å². The number of aryl methyl sites for hydroxylation is 3. The number of likely N-dealkylation sites (tertiary alicyclic amines) is 1. The normalized spacial score (nSPS) is 17.4. The van der Waals surface area contributed by atoms with E-state index in [1.807, 2.05) is 47.9 Å². The first-order valence-corrected chi connectivity index (χ1v) is 9.77. The van der Waals surface area contributed by atoms with Gasteiger partial charge < -0.3 is 4.90 Å². The molecule has 0 radical (unpaired) electrons. The van der Waals surface area contributed by atoms with Gasteiger partial charge in [0, 0.05) is 30.9 Å². The number of fused-ring (bicyclic) bond motifs is 1. The van der Waals surface area contributed by atoms with Crippen molar-refractivity contribution in [2.24, 2.45) is 7.05 Å². The molecular weight excluding hydrogens is 336 g/mol. The Hall–Kier alpha value is -2.69. The molecule has 5 heteroatoms. The van der Waals surface area contributed by atoms with Crippen molar-refractivity contribution in [2.75, 3.05) is 6.54 Å². The van der Waals surface area contributed by atoms with Gasteiger partial charge in [0.1, 0.15) is 0 Å². The fourth-order valence-electron chi connectivity index (χ4n) is 4.05. The number of hydrogen-bond acceptors (Lipinski definition) is 3. The number of amides is 1. The van der Waals surface area contributed by atoms with Crippen molar-refractivity contribution in [3.8, 4) is 0 Å². The van der Waals surface area contributed by atoms with Crippen LogP contribution in [-0.2, 0) is 13.5 Å². The van der Waals surface area contributed by atoms with Gasteiger partial charge in [-0.2, -0.15) is 5.10 Å². The van der Waals surface area contributed by atoms with Gasteiger partial charge in [-0.25, -0.2) is 0 Å². The molecule has 1 aromatic carbocycles. The Kier molecular flexibility index (Phi) is 4.68. The van der Waals surface area contributed by atoms with Gasteiger partial charge in [0.05, 0.1) is 22.8 Å². The predicted molar refractivity (Wildman–Crippen MR) is 107 cm³/mol. The summed E-state index contributed by atoms with van der Waals surface area (Å²) < 4.78 is 1.81. The summed E-state index contributed by atoms with van der Waals surface area (Å²) in [6.45, 7) is 4.86. The highest BCUT2D eigenvalue weighted by atomic mass is 16.2. The van der Waals surface area contributed by atoms with E-state index in [2.05, 4.69) is 29.1 Å². The molecule has 140 valence electrons. The molecule has 2 aromatic heterocycles. The van der Waals surface area contributed by atoms with E-state index in [0.29, 0.717) is 0 Å². The summed E-state index contributed by atoms with van der Waals surface area (Å²) in [7, 11) is 1.92. The van der Waals surface area contributed by atoms with Crippen molar-refractivity contribution in [2.45, 2.75) is 45.6 Å². The van der Waals surface area contributed by atoms with E-state index in [1.54, 1.807) is 0 Å². The lowest BCUT2D eigenvalue weighted by molar-refractivity contribution is 0.0607. The first-order chi connectivity index (χ1) is 13.1. The molecule has 1 fully saturated rings. The van der Waals surface area contributed by atoms with Crippen LogP contribution < -0.4 is 0 Å². The van der Waals surface area contributed by atoms with Crippen molar-refractivity contribution >= 4 is 16.8 Å². The van der Waals surface area contributed by atoms with Crippen molar-refractivity contribution in [3.63, 3.8) is 0 Å². The van der Waals surface area contributed by atoms with Crippen LogP contribution >= 0.6 is 0 Å². The monoisotopic (exact) mass is 362 g/mol. The average molecular weight is 362 g/mol. The Morgan fingerprint density at radius 2 is 2.07 bits per heavy atom. The molecule has 3 heterocycles. The molecule has 0 N–H and O–H groups in total. The van der Waals surface area contributed by atoms with E-state index in [1.165, 1.54) is 5.56 Å². The van der Waals surface area contributed by atoms with Crippen molar-refractivity contribution in [1.82, 2.24) is 19.7 Å². The lowest BCUT2D eigenvalue weighted by Gasteiger charge is -2.35. The lowest BCUT2D eigenvalue weighted by Crippen LogP contribution is -2.39. The molecule has 27 heavy (non-hydrogen) atoms. The van der Waals surface area contributed by atoms with Gasteiger partial charge in [-0.05, 0) is 62.4 Å². The highest BCUT2D eigenvalue weighted by Crippen LogP contribution is 2.32. The molecule has 0 spiro atoms. The maximum Gasteiger partial charge on any atom is 0.255 e. The zero-order valence-electron chi connectivity index (χ0n) is 16.3. The maximum atomic E-state index is 13.6. The maximum absolute atomic E-state index is 13.6. The second-order valence-corrected chi connectivity index (χ2v) is 7.44. The molecule has 1 aliphatic rings. The molecule has 1 aliphatic heterocycles. The molecule has 1 saturated heterocycles. The van der Waals surface area contributed by atoms with Crippen molar-refractivity contribution in [1.29, 1.82) is 0 Å². The number of nitrogens with zero attached hydrogens (tertiary/aromatic N) is 4. The van der Waals surface area contributed by atoms with Crippen LogP contribution in [0.4, 0.5) is 0 Å². The Labute approximate surface area is 160 Å². The van der Waals surface area contributed by atoms with Crippen LogP contribution in [0.5, 0.6) is 0 Å². The van der Waals surface area contributed by atoms with E-state index >= 15 is 0 Å². The van der Waals surface area contributed by atoms with Gasteiger partial charge in [0.2, 0.25) is 0 Å². The minimum Gasteiger partial charge on any atom is -0.330 e. The quantitative estimate of drug-likeness (QED) is 0.701. The minimum atomic E-state index is 0.0466. The lowest BCUT2D eigenvalue weighted by atomic mass is 9.96. The third-order valence-corrected chi connectivity index (χ3v) is 5.48. The van der Waals surface area contributed by atoms with Gasteiger partial charge in [-0.1, -0.05) is 13.0 Å². The van der Waals surface area contributed by atoms with E-state index in [-0.39, 0.29) is 11.9 Å². The number of carbonyl (C=O) groups is 1. The molecule has 4 rings (SSSR count). The Balaban J connectivity index is 1.78. The standard InChI is InChI=1S/C22H26N4O/c1-4-16-8-9-19-17(14-16)18(13-15(2)23-19)22(27)26-11-6-5-7-21(26)20-10-12-25(3)24-20/h8-10,12-14,21H,4-7,11H2,1-3H3/t21-/m0/s1. The zero-order valence-corrected chi connectivity index (χ0v) is 16.3. The third kappa shape index (κ3) is 3.34. The van der Waals surface area contributed by atoms with Crippen LogP contribution in [0.2, 0.25) is 0 Å². The van der Waals surface area contributed by atoms with E-state index in [4.69, 9.17) is 0 Å². The van der Waals surface area contributed by atoms with Gasteiger partial charge in [-0.3, -0.25) is 14.5 Å². The molecule has 0 saturated carbocycles. The largest absolute Gasteiger partial charge is 0.330 e. The van der Waals surface area contributed by atoms with Crippen molar-refractivity contribution < 1.29 is 4.79 Å². The van der Waals surface area contributed by atoms with Gasteiger partial charge in [-0.15, -0.1) is 0 Å². The van der Waals surface area contributed by atoms with E-state index in [9.17, 15) is 4.79 Å². The third-order valence-electron chi connectivity index (χ3n) is 5.48. The van der Waals surface area contributed by atoms with Crippen LogP contribution in [-0.4, -0.2) is 32.1 Å². The summed E-state index contributed by atoms with van der Waals surface area (Å²) in [4.78, 5) is 20.3. The van der Waals surface area contributed by atoms with Gasteiger partial charge in [0.25, 0.3) is 5.91 Å². The number of hydrogen-bond donors (Lipinski definition) is 0. The van der Waals surface area contributed by atoms with Gasteiger partial charge in [0.15, 0.2) is 0 Å². The number of piperidine rings is 1. The average Bonchev–Trinajstić information content (AvgIpc) is 3.12. The first-order valence-electron chi connectivity index (χ1n) is 9.77. The highest BCUT2D eigenvalue weighted by molar-refractivity contribution is 6.06. The Bertz CT molecular complexity index is 991. The number of pyridine rings is 1. The highest BCUT2D eigenvalue weighted by Gasteiger charge is 2.31. The second kappa shape index (κ2) is 7.14. The van der Waals surface area contributed by atoms with E-state index in [0.717, 1.165) is 60.1 Å². The minimum absolute atomic E-state index is 0.0466. The Morgan fingerprint density at radius 1 is 1.22 bits per heavy atom. The molecule has 1 amide bonds. The molecule has 0 aliphatic carbocycles. The van der Waals surface area contributed by atoms with Crippen molar-refractivity contribution in [3.05, 3.63) is 59.0 Å². The predicted octanol–water partition coefficient (Wildman–Crippen LogP) is 4.21. The SMILES string of the molecule is CCc1ccc2nc(C)cc(C(=O)N3CCCC[C@H]3c3ccn(C)n3)c2c1. The van der Waals surface area contributed by atoms with E-state index < -0.39 is 0 Å². The molecule has 5 nitrogen and oxygen atoms in total. The van der Waals surface area contributed by atoms with Gasteiger partial charge >= 0.3 is 0 Å². The number of rotatable bonds is 3. The van der Waals surface area contributed by atoms with Crippen LogP contribution in [0, 0.1) is 6.92 Å².